The Bertz CT molecular complexity index is 1050. The van der Waals surface area contributed by atoms with Gasteiger partial charge in [-0.05, 0) is 11.6 Å². The number of aromatic amines is 2. The molecule has 0 aromatic carbocycles. The second-order valence-corrected chi connectivity index (χ2v) is 6.57. The highest BCUT2D eigenvalue weighted by Crippen LogP contribution is 2.64. The number of halogens is 18. The summed E-state index contributed by atoms with van der Waals surface area (Å²) in [6.45, 7) is 0. The first kappa shape index (κ1) is 29.8. The van der Waals surface area contributed by atoms with E-state index in [0.717, 1.165) is 0 Å². The molecule has 0 aliphatic carbocycles. The zero-order chi connectivity index (χ0) is 27.7. The molecule has 4 nitrogen and oxygen atoms in total. The molecule has 1 heterocycles. The van der Waals surface area contributed by atoms with Crippen LogP contribution < -0.4 is 11.2 Å². The van der Waals surface area contributed by atoms with E-state index < -0.39 is 69.6 Å². The van der Waals surface area contributed by atoms with Crippen molar-refractivity contribution < 1.29 is 74.6 Å². The topological polar surface area (TPSA) is 65.7 Å². The summed E-state index contributed by atoms with van der Waals surface area (Å²) in [5, 5.41) is -6.90. The third-order valence-electron chi connectivity index (χ3n) is 3.87. The summed E-state index contributed by atoms with van der Waals surface area (Å²) >= 11 is 3.39. The number of hydrogen-bond acceptors (Lipinski definition) is 2. The standard InChI is InChI=1S/C12H2ClF17N2O2/c13-12(29,30)11(27,28)10(25,26)9(23,24)8(21,22)7(19,20)5(14,15)1-2(6(16,17)18)31-4(34)32-3(1)33/h(H2,31,32,33,34). The molecular weight excluding hydrogens is 563 g/mol. The molecule has 0 fully saturated rings. The first-order valence-electron chi connectivity index (χ1n) is 7.31. The Balaban J connectivity index is 3.97. The number of aromatic nitrogens is 2. The highest BCUT2D eigenvalue weighted by atomic mass is 35.5. The maximum atomic E-state index is 14.0. The van der Waals surface area contributed by atoms with Gasteiger partial charge in [-0.25, -0.2) is 4.79 Å². The van der Waals surface area contributed by atoms with Gasteiger partial charge in [-0.2, -0.15) is 74.6 Å². The molecule has 198 valence electrons. The van der Waals surface area contributed by atoms with E-state index in [-0.39, 0.29) is 4.98 Å². The molecule has 0 saturated heterocycles. The Morgan fingerprint density at radius 2 is 0.882 bits per heavy atom. The molecule has 22 heteroatoms. The van der Waals surface area contributed by atoms with Gasteiger partial charge in [-0.1, -0.05) is 0 Å². The van der Waals surface area contributed by atoms with Crippen LogP contribution in [0.3, 0.4) is 0 Å². The van der Waals surface area contributed by atoms with E-state index >= 15 is 0 Å². The number of hydrogen-bond donors (Lipinski definition) is 2. The highest BCUT2D eigenvalue weighted by molar-refractivity contribution is 6.22. The fourth-order valence-electron chi connectivity index (χ4n) is 2.12. The van der Waals surface area contributed by atoms with Crippen molar-refractivity contribution >= 4 is 11.6 Å². The smallest absolute Gasteiger partial charge is 0.303 e. The van der Waals surface area contributed by atoms with Crippen molar-refractivity contribution in [3.8, 4) is 0 Å². The minimum atomic E-state index is -8.61. The van der Waals surface area contributed by atoms with Gasteiger partial charge in [0.25, 0.3) is 5.56 Å². The van der Waals surface area contributed by atoms with Crippen LogP contribution in [0.25, 0.3) is 0 Å². The molecule has 1 aromatic heterocycles. The first-order valence-corrected chi connectivity index (χ1v) is 7.69. The minimum absolute atomic E-state index is 0.233. The lowest BCUT2D eigenvalue weighted by atomic mass is 9.88. The number of nitrogens with one attached hydrogen (secondary N) is 2. The van der Waals surface area contributed by atoms with Crippen LogP contribution in [0.4, 0.5) is 74.6 Å². The lowest BCUT2D eigenvalue weighted by Crippen LogP contribution is -2.72. The molecule has 0 amide bonds. The molecule has 34 heavy (non-hydrogen) atoms. The predicted molar refractivity (Wildman–Crippen MR) is 72.1 cm³/mol. The normalized spacial score (nSPS) is 15.6. The lowest BCUT2D eigenvalue weighted by Gasteiger charge is -2.41. The van der Waals surface area contributed by atoms with E-state index in [9.17, 15) is 84.2 Å². The molecule has 0 bridgehead atoms. The van der Waals surface area contributed by atoms with Crippen LogP contribution in [0.1, 0.15) is 11.3 Å². The molecule has 0 unspecified atom stereocenters. The number of rotatable bonds is 7. The van der Waals surface area contributed by atoms with Gasteiger partial charge in [0.05, 0.1) is 0 Å². The van der Waals surface area contributed by atoms with Crippen LogP contribution in [-0.4, -0.2) is 45.0 Å². The van der Waals surface area contributed by atoms with Gasteiger partial charge in [-0.15, -0.1) is 0 Å². The Morgan fingerprint density at radius 1 is 0.529 bits per heavy atom. The average molecular weight is 565 g/mol. The first-order chi connectivity index (χ1) is 14.5. The van der Waals surface area contributed by atoms with Crippen LogP contribution in [0.5, 0.6) is 0 Å². The average Bonchev–Trinajstić information content (AvgIpc) is 2.57. The SMILES string of the molecule is O=c1[nH]c(C(F)(F)F)c(C(F)(F)C(F)(F)C(F)(F)C(F)(F)C(F)(F)C(F)(F)C(F)(F)Cl)c(=O)[nH]1. The molecule has 0 saturated carbocycles. The van der Waals surface area contributed by atoms with Gasteiger partial charge < -0.3 is 4.98 Å². The van der Waals surface area contributed by atoms with Crippen molar-refractivity contribution in [2.45, 2.75) is 47.1 Å². The van der Waals surface area contributed by atoms with Gasteiger partial charge in [0, 0.05) is 0 Å². The second kappa shape index (κ2) is 7.64. The minimum Gasteiger partial charge on any atom is -0.303 e. The monoisotopic (exact) mass is 564 g/mol. The van der Waals surface area contributed by atoms with Crippen molar-refractivity contribution in [2.24, 2.45) is 0 Å². The Labute approximate surface area is 176 Å². The Kier molecular flexibility index (Phi) is 6.70. The van der Waals surface area contributed by atoms with E-state index in [0.29, 0.717) is 4.98 Å². The van der Waals surface area contributed by atoms with Crippen LogP contribution >= 0.6 is 11.6 Å². The van der Waals surface area contributed by atoms with Gasteiger partial charge in [0.2, 0.25) is 0 Å². The zero-order valence-corrected chi connectivity index (χ0v) is 15.4. The van der Waals surface area contributed by atoms with E-state index in [1.165, 1.54) is 0 Å². The third kappa shape index (κ3) is 3.88. The van der Waals surface area contributed by atoms with Gasteiger partial charge >= 0.3 is 52.8 Å². The Hall–Kier alpha value is -2.22. The van der Waals surface area contributed by atoms with Gasteiger partial charge in [0.15, 0.2) is 0 Å². The molecule has 0 atom stereocenters. The van der Waals surface area contributed by atoms with E-state index in [4.69, 9.17) is 0 Å². The lowest BCUT2D eigenvalue weighted by molar-refractivity contribution is -0.437. The number of alkyl halides is 18. The second-order valence-electron chi connectivity index (χ2n) is 6.10. The van der Waals surface area contributed by atoms with Crippen molar-refractivity contribution in [1.29, 1.82) is 0 Å². The van der Waals surface area contributed by atoms with E-state index in [2.05, 4.69) is 11.6 Å². The Morgan fingerprint density at radius 3 is 1.24 bits per heavy atom. The zero-order valence-electron chi connectivity index (χ0n) is 14.6. The molecular formula is C12H2ClF17N2O2. The molecule has 2 N–H and O–H groups in total. The molecule has 0 aliphatic heterocycles. The molecule has 0 spiro atoms. The van der Waals surface area contributed by atoms with Crippen LogP contribution in [-0.2, 0) is 12.1 Å². The molecule has 0 aliphatic rings. The van der Waals surface area contributed by atoms with Crippen LogP contribution in [0, 0.1) is 0 Å². The summed E-state index contributed by atoms with van der Waals surface area (Å²) in [5.41, 5.74) is -13.2. The summed E-state index contributed by atoms with van der Waals surface area (Å²) in [7, 11) is 0. The summed E-state index contributed by atoms with van der Waals surface area (Å²) in [6.07, 6.45) is -6.50. The molecule has 1 rings (SSSR count). The maximum Gasteiger partial charge on any atom is 0.432 e. The quantitative estimate of drug-likeness (QED) is 0.354. The summed E-state index contributed by atoms with van der Waals surface area (Å²) < 4.78 is 226. The van der Waals surface area contributed by atoms with Crippen LogP contribution in [0.2, 0.25) is 0 Å². The summed E-state index contributed by atoms with van der Waals surface area (Å²) in [4.78, 5) is 22.7. The fourth-order valence-corrected chi connectivity index (χ4v) is 2.24. The van der Waals surface area contributed by atoms with Crippen molar-refractivity contribution in [1.82, 2.24) is 9.97 Å². The molecule has 1 aromatic rings. The van der Waals surface area contributed by atoms with E-state index in [1.54, 1.807) is 0 Å². The summed E-state index contributed by atoms with van der Waals surface area (Å²) in [6, 6.07) is 0. The van der Waals surface area contributed by atoms with Gasteiger partial charge in [-0.3, -0.25) is 9.78 Å². The van der Waals surface area contributed by atoms with Crippen LogP contribution in [0.15, 0.2) is 9.59 Å². The van der Waals surface area contributed by atoms with E-state index in [1.807, 2.05) is 0 Å². The van der Waals surface area contributed by atoms with Gasteiger partial charge in [0.1, 0.15) is 11.3 Å². The number of H-pyrrole nitrogens is 2. The maximum absolute atomic E-state index is 14.0. The summed E-state index contributed by atoms with van der Waals surface area (Å²) in [5.74, 6) is -49.4. The third-order valence-corrected chi connectivity index (χ3v) is 4.11. The predicted octanol–water partition coefficient (Wildman–Crippen LogP) is 5.18. The van der Waals surface area contributed by atoms with Crippen molar-refractivity contribution in [3.05, 3.63) is 32.1 Å². The van der Waals surface area contributed by atoms with Crippen molar-refractivity contribution in [3.63, 3.8) is 0 Å². The van der Waals surface area contributed by atoms with Crippen molar-refractivity contribution in [2.75, 3.05) is 0 Å². The highest BCUT2D eigenvalue weighted by Gasteiger charge is 2.93. The molecule has 0 radical (unpaired) electrons. The largest absolute Gasteiger partial charge is 0.432 e. The fraction of sp³-hybridized carbons (Fsp3) is 0.667.